The molecule has 0 aliphatic heterocycles. The highest BCUT2D eigenvalue weighted by atomic mass is 35.5. The molecule has 10 heteroatoms. The smallest absolute Gasteiger partial charge is 0.142 e. The highest BCUT2D eigenvalue weighted by molar-refractivity contribution is 7.20. The molecule has 0 atom stereocenters. The molecule has 38 heavy (non-hydrogen) atoms. The molecular weight excluding hydrogens is 525 g/mol. The molecule has 0 saturated carbocycles. The van der Waals surface area contributed by atoms with Crippen LogP contribution in [0.5, 0.6) is 5.75 Å². The fourth-order valence-electron chi connectivity index (χ4n) is 4.64. The van der Waals surface area contributed by atoms with Crippen molar-refractivity contribution >= 4 is 57.0 Å². The van der Waals surface area contributed by atoms with Gasteiger partial charge in [-0.2, -0.15) is 5.10 Å². The molecule has 2 aromatic heterocycles. The summed E-state index contributed by atoms with van der Waals surface area (Å²) in [5.41, 5.74) is 4.97. The molecule has 0 radical (unpaired) electrons. The molecule has 0 fully saturated rings. The van der Waals surface area contributed by atoms with Gasteiger partial charge >= 0.3 is 0 Å². The number of aryl methyl sites for hydroxylation is 1. The van der Waals surface area contributed by atoms with Crippen LogP contribution in [0.2, 0.25) is 5.02 Å². The summed E-state index contributed by atoms with van der Waals surface area (Å²) in [7, 11) is 0. The number of allylic oxidation sites excluding steroid dienone is 2. The third kappa shape index (κ3) is 5.36. The summed E-state index contributed by atoms with van der Waals surface area (Å²) in [5, 5.41) is 20.2. The van der Waals surface area contributed by atoms with E-state index in [9.17, 15) is 9.50 Å². The van der Waals surface area contributed by atoms with E-state index in [1.54, 1.807) is 41.9 Å². The first-order valence-corrected chi connectivity index (χ1v) is 13.4. The van der Waals surface area contributed by atoms with Crippen LogP contribution in [0.3, 0.4) is 0 Å². The van der Waals surface area contributed by atoms with Crippen LogP contribution >= 0.6 is 22.9 Å². The van der Waals surface area contributed by atoms with Crippen LogP contribution in [0, 0.1) is 5.82 Å². The van der Waals surface area contributed by atoms with Crippen molar-refractivity contribution in [1.82, 2.24) is 15.0 Å². The number of fused-ring (bicyclic) bond motifs is 3. The Bertz CT molecular complexity index is 1520. The molecule has 0 spiro atoms. The van der Waals surface area contributed by atoms with Gasteiger partial charge in [0.1, 0.15) is 35.1 Å². The normalized spacial score (nSPS) is 12.9. The number of rotatable bonds is 10. The number of thiophene rings is 1. The van der Waals surface area contributed by atoms with E-state index in [2.05, 4.69) is 34.0 Å². The van der Waals surface area contributed by atoms with E-state index in [4.69, 9.17) is 16.3 Å². The zero-order chi connectivity index (χ0) is 26.6. The zero-order valence-electron chi connectivity index (χ0n) is 20.9. The number of anilines is 2. The molecule has 2 N–H and O–H groups in total. The fourth-order valence-corrected chi connectivity index (χ4v) is 6.09. The summed E-state index contributed by atoms with van der Waals surface area (Å²) in [6, 6.07) is 11.7. The summed E-state index contributed by atoms with van der Waals surface area (Å²) in [5.74, 6) is 0.922. The topological polar surface area (TPSA) is 82.9 Å². The maximum atomic E-state index is 13.4. The van der Waals surface area contributed by atoms with Crippen LogP contribution < -0.4 is 10.1 Å². The quantitative estimate of drug-likeness (QED) is 0.167. The first-order chi connectivity index (χ1) is 18.5. The summed E-state index contributed by atoms with van der Waals surface area (Å²) in [6.07, 6.45) is 3.82. The Morgan fingerprint density at radius 1 is 1.24 bits per heavy atom. The van der Waals surface area contributed by atoms with Crippen molar-refractivity contribution in [1.29, 1.82) is 0 Å². The lowest BCUT2D eigenvalue weighted by molar-refractivity contribution is 0.253. The van der Waals surface area contributed by atoms with Crippen molar-refractivity contribution in [3.05, 3.63) is 81.3 Å². The van der Waals surface area contributed by atoms with E-state index in [1.807, 2.05) is 11.1 Å². The molecular formula is C28H27ClFN5O2S. The summed E-state index contributed by atoms with van der Waals surface area (Å²) < 4.78 is 19.2. The maximum Gasteiger partial charge on any atom is 0.142 e. The van der Waals surface area contributed by atoms with Gasteiger partial charge in [0.15, 0.2) is 0 Å². The monoisotopic (exact) mass is 551 g/mol. The predicted molar refractivity (Wildman–Crippen MR) is 152 cm³/mol. The summed E-state index contributed by atoms with van der Waals surface area (Å²) >= 11 is 8.15. The lowest BCUT2D eigenvalue weighted by atomic mass is 9.94. The molecule has 5 rings (SSSR count). The van der Waals surface area contributed by atoms with Crippen LogP contribution in [0.4, 0.5) is 15.9 Å². The number of nitrogens with zero attached hydrogens (tertiary/aromatic N) is 4. The van der Waals surface area contributed by atoms with E-state index in [-0.39, 0.29) is 19.0 Å². The molecule has 4 aromatic rings. The highest BCUT2D eigenvalue weighted by Crippen LogP contribution is 2.44. The molecule has 0 saturated heterocycles. The Hall–Kier alpha value is -3.53. The van der Waals surface area contributed by atoms with Gasteiger partial charge in [-0.25, -0.2) is 14.4 Å². The largest absolute Gasteiger partial charge is 0.487 e. The minimum absolute atomic E-state index is 0.112. The molecule has 2 aromatic carbocycles. The number of ether oxygens (including phenoxy) is 1. The fraction of sp³-hybridized carbons (Fsp3) is 0.250. The van der Waals surface area contributed by atoms with E-state index in [0.717, 1.165) is 45.6 Å². The number of aliphatic hydroxyl groups is 1. The highest BCUT2D eigenvalue weighted by Gasteiger charge is 2.26. The van der Waals surface area contributed by atoms with Gasteiger partial charge in [-0.05, 0) is 73.2 Å². The van der Waals surface area contributed by atoms with E-state index in [1.165, 1.54) is 22.6 Å². The Kier molecular flexibility index (Phi) is 7.87. The van der Waals surface area contributed by atoms with Gasteiger partial charge in [-0.15, -0.1) is 11.3 Å². The van der Waals surface area contributed by atoms with Crippen LogP contribution in [0.15, 0.2) is 59.6 Å². The number of nitrogens with one attached hydrogen (secondary N) is 1. The second-order valence-corrected chi connectivity index (χ2v) is 10.3. The number of aliphatic hydroxyl groups excluding tert-OH is 1. The Balaban J connectivity index is 1.39. The predicted octanol–water partition coefficient (Wildman–Crippen LogP) is 6.78. The van der Waals surface area contributed by atoms with Crippen molar-refractivity contribution in [3.8, 4) is 5.75 Å². The number of benzene rings is 2. The van der Waals surface area contributed by atoms with Crippen LogP contribution in [0.25, 0.3) is 15.8 Å². The van der Waals surface area contributed by atoms with Gasteiger partial charge in [0.25, 0.3) is 0 Å². The Morgan fingerprint density at radius 2 is 2.11 bits per heavy atom. The number of hydrazone groups is 1. The standard InChI is InChI=1S/C28H27ClFN5O2S/c1-17-23(35(31-2)11-4-12-36)9-8-21-25-27(32-16-33-28(25)38-26(17)21)34-20-7-10-24(22(29)14-20)37-15-18-5-3-6-19(30)13-18/h3,5-7,10,13-14,16,36H,2,4,8-9,11-12,15H2,1H3,(H,32,33,34). The molecule has 0 unspecified atom stereocenters. The van der Waals surface area contributed by atoms with Gasteiger partial charge in [0, 0.05) is 36.1 Å². The summed E-state index contributed by atoms with van der Waals surface area (Å²) in [6.45, 7) is 6.78. The third-order valence-corrected chi connectivity index (χ3v) is 8.02. The average Bonchev–Trinajstić information content (AvgIpc) is 3.30. The average molecular weight is 552 g/mol. The molecule has 7 nitrogen and oxygen atoms in total. The van der Waals surface area contributed by atoms with E-state index < -0.39 is 0 Å². The molecule has 2 heterocycles. The molecule has 0 bridgehead atoms. The first-order valence-electron chi connectivity index (χ1n) is 12.2. The SMILES string of the molecule is C=NN(CCCO)C1=C(C)c2sc3ncnc(Nc4ccc(OCc5cccc(F)c5)c(Cl)c4)c3c2CC1. The van der Waals surface area contributed by atoms with Crippen molar-refractivity contribution < 1.29 is 14.2 Å². The van der Waals surface area contributed by atoms with Crippen molar-refractivity contribution in [2.45, 2.75) is 32.8 Å². The van der Waals surface area contributed by atoms with Gasteiger partial charge in [-0.3, -0.25) is 5.01 Å². The van der Waals surface area contributed by atoms with E-state index >= 15 is 0 Å². The Morgan fingerprint density at radius 3 is 2.87 bits per heavy atom. The lowest BCUT2D eigenvalue weighted by Gasteiger charge is -2.27. The Labute approximate surface area is 229 Å². The van der Waals surface area contributed by atoms with Crippen LogP contribution in [-0.2, 0) is 13.0 Å². The van der Waals surface area contributed by atoms with Crippen molar-refractivity contribution in [3.63, 3.8) is 0 Å². The lowest BCUT2D eigenvalue weighted by Crippen LogP contribution is -2.22. The molecule has 1 aliphatic rings. The van der Waals surface area contributed by atoms with Gasteiger partial charge in [-0.1, -0.05) is 23.7 Å². The van der Waals surface area contributed by atoms with Gasteiger partial charge < -0.3 is 15.2 Å². The molecule has 1 aliphatic carbocycles. The minimum atomic E-state index is -0.304. The maximum absolute atomic E-state index is 13.4. The first kappa shape index (κ1) is 26.1. The van der Waals surface area contributed by atoms with Crippen LogP contribution in [-0.4, -0.2) is 40.0 Å². The number of hydrogen-bond acceptors (Lipinski definition) is 8. The number of hydrogen-bond donors (Lipinski definition) is 2. The number of halogens is 2. The summed E-state index contributed by atoms with van der Waals surface area (Å²) in [4.78, 5) is 11.2. The van der Waals surface area contributed by atoms with Gasteiger partial charge in [0.05, 0.1) is 10.4 Å². The third-order valence-electron chi connectivity index (χ3n) is 6.46. The second kappa shape index (κ2) is 11.5. The second-order valence-electron chi connectivity index (χ2n) is 8.91. The van der Waals surface area contributed by atoms with Crippen molar-refractivity contribution in [2.24, 2.45) is 5.10 Å². The molecule has 0 amide bonds. The van der Waals surface area contributed by atoms with Crippen LogP contribution in [0.1, 0.15) is 35.8 Å². The van der Waals surface area contributed by atoms with E-state index in [0.29, 0.717) is 29.6 Å². The molecule has 196 valence electrons. The zero-order valence-corrected chi connectivity index (χ0v) is 22.4. The van der Waals surface area contributed by atoms with Crippen molar-refractivity contribution in [2.75, 3.05) is 18.5 Å². The minimum Gasteiger partial charge on any atom is -0.487 e. The number of aromatic nitrogens is 2. The van der Waals surface area contributed by atoms with Gasteiger partial charge in [0.2, 0.25) is 0 Å².